The van der Waals surface area contributed by atoms with Crippen molar-refractivity contribution in [2.45, 2.75) is 52.0 Å². The maximum Gasteiger partial charge on any atom is 0.0697 e. The van der Waals surface area contributed by atoms with Crippen LogP contribution in [0.5, 0.6) is 0 Å². The number of aromatic nitrogens is 2. The van der Waals surface area contributed by atoms with Crippen LogP contribution in [-0.2, 0) is 11.0 Å². The van der Waals surface area contributed by atoms with E-state index < -0.39 is 0 Å². The predicted molar refractivity (Wildman–Crippen MR) is 201 cm³/mol. The van der Waals surface area contributed by atoms with E-state index in [2.05, 4.69) is 189 Å². The molecule has 2 nitrogen and oxygen atoms in total. The number of hydrogen-bond acceptors (Lipinski definition) is 0. The van der Waals surface area contributed by atoms with Crippen molar-refractivity contribution in [3.05, 3.63) is 162 Å². The molecule has 0 bridgehead atoms. The van der Waals surface area contributed by atoms with E-state index in [1.165, 1.54) is 66.0 Å². The molecule has 232 valence electrons. The van der Waals surface area contributed by atoms with E-state index >= 15 is 0 Å². The molecular formula is C45H42N2. The molecule has 0 fully saturated rings. The number of hydrogen-bond donors (Lipinski definition) is 0. The third kappa shape index (κ3) is 4.31. The van der Waals surface area contributed by atoms with Crippen molar-refractivity contribution in [2.24, 2.45) is 5.92 Å². The molecule has 0 spiro atoms. The molecular weight excluding hydrogens is 569 g/mol. The van der Waals surface area contributed by atoms with Gasteiger partial charge in [-0.05, 0) is 72.4 Å². The second-order valence-electron chi connectivity index (χ2n) is 13.9. The van der Waals surface area contributed by atoms with Gasteiger partial charge in [-0.2, -0.15) is 0 Å². The van der Waals surface area contributed by atoms with E-state index in [0.717, 1.165) is 6.42 Å². The zero-order valence-corrected chi connectivity index (χ0v) is 28.0. The summed E-state index contributed by atoms with van der Waals surface area (Å²) in [6.07, 6.45) is 1.01. The molecule has 6 aromatic carbocycles. The quantitative estimate of drug-likeness (QED) is 0.170. The Morgan fingerprint density at radius 3 is 1.26 bits per heavy atom. The van der Waals surface area contributed by atoms with Crippen LogP contribution >= 0.6 is 0 Å². The fourth-order valence-electron chi connectivity index (χ4n) is 8.07. The van der Waals surface area contributed by atoms with Gasteiger partial charge in [0, 0.05) is 43.7 Å². The van der Waals surface area contributed by atoms with Crippen LogP contribution < -0.4 is 0 Å². The Bertz CT molecular complexity index is 2280. The Hall–Kier alpha value is -5.08. The highest BCUT2D eigenvalue weighted by Crippen LogP contribution is 2.43. The smallest absolute Gasteiger partial charge is 0.0697 e. The lowest BCUT2D eigenvalue weighted by molar-refractivity contribution is 0.297. The summed E-state index contributed by atoms with van der Waals surface area (Å²) < 4.78 is 4.98. The summed E-state index contributed by atoms with van der Waals surface area (Å²) >= 11 is 0. The molecule has 2 aromatic heterocycles. The lowest BCUT2D eigenvalue weighted by Gasteiger charge is -2.38. The van der Waals surface area contributed by atoms with Crippen molar-refractivity contribution in [2.75, 3.05) is 0 Å². The summed E-state index contributed by atoms with van der Waals surface area (Å²) in [7, 11) is 0. The van der Waals surface area contributed by atoms with E-state index in [0.29, 0.717) is 5.92 Å². The van der Waals surface area contributed by atoms with Crippen molar-refractivity contribution in [1.82, 2.24) is 9.13 Å². The number of nitrogens with zero attached hydrogens (tertiary/aromatic N) is 2. The van der Waals surface area contributed by atoms with Crippen LogP contribution in [0, 0.1) is 5.92 Å². The number of para-hydroxylation sites is 4. The largest absolute Gasteiger partial charge is 0.330 e. The van der Waals surface area contributed by atoms with Gasteiger partial charge in [-0.25, -0.2) is 0 Å². The van der Waals surface area contributed by atoms with Gasteiger partial charge in [0.05, 0.1) is 16.6 Å². The van der Waals surface area contributed by atoms with E-state index in [1.54, 1.807) is 0 Å². The van der Waals surface area contributed by atoms with E-state index in [4.69, 9.17) is 0 Å². The Kier molecular flexibility index (Phi) is 6.88. The van der Waals surface area contributed by atoms with Gasteiger partial charge in [-0.15, -0.1) is 0 Å². The van der Waals surface area contributed by atoms with Gasteiger partial charge in [0.25, 0.3) is 0 Å². The average Bonchev–Trinajstić information content (AvgIpc) is 3.64. The Labute approximate surface area is 277 Å². The van der Waals surface area contributed by atoms with Crippen LogP contribution in [0.2, 0.25) is 0 Å². The van der Waals surface area contributed by atoms with Crippen molar-refractivity contribution in [1.29, 1.82) is 0 Å². The lowest BCUT2D eigenvalue weighted by atomic mass is 9.73. The van der Waals surface area contributed by atoms with Crippen molar-refractivity contribution >= 4 is 43.6 Å². The number of fused-ring (bicyclic) bond motifs is 6. The third-order valence-corrected chi connectivity index (χ3v) is 11.3. The van der Waals surface area contributed by atoms with Gasteiger partial charge in [0.2, 0.25) is 0 Å². The van der Waals surface area contributed by atoms with Crippen LogP contribution in [0.1, 0.15) is 57.7 Å². The topological polar surface area (TPSA) is 9.86 Å². The first-order valence-corrected chi connectivity index (χ1v) is 17.0. The van der Waals surface area contributed by atoms with Gasteiger partial charge in [-0.1, -0.05) is 137 Å². The molecule has 0 amide bonds. The zero-order chi connectivity index (χ0) is 32.3. The molecule has 2 heterocycles. The summed E-state index contributed by atoms with van der Waals surface area (Å²) in [5, 5.41) is 5.21. The minimum atomic E-state index is -0.228. The minimum Gasteiger partial charge on any atom is -0.330 e. The molecule has 0 aliphatic heterocycles. The Balaban J connectivity index is 1.19. The summed E-state index contributed by atoms with van der Waals surface area (Å²) in [4.78, 5) is 0. The zero-order valence-electron chi connectivity index (χ0n) is 28.0. The lowest BCUT2D eigenvalue weighted by Crippen LogP contribution is -2.37. The first-order valence-electron chi connectivity index (χ1n) is 17.0. The number of rotatable bonds is 7. The standard InChI is InChI=1S/C45H42N2/c1-6-44(4,33-27-29-35(30-28-33)46-40-19-11-7-15-36(40)37-16-8-12-20-41(37)46)32-23-25-34(26-24-32)45(5,31(2)3)47-42-21-13-9-17-38(42)39-18-10-14-22-43(39)47/h7-31H,6H2,1-5H3/t44-,45+/m1/s1. The van der Waals surface area contributed by atoms with Crippen molar-refractivity contribution in [3.8, 4) is 5.69 Å². The van der Waals surface area contributed by atoms with E-state index in [-0.39, 0.29) is 11.0 Å². The molecule has 0 aliphatic rings. The Morgan fingerprint density at radius 1 is 0.468 bits per heavy atom. The van der Waals surface area contributed by atoms with E-state index in [1.807, 2.05) is 0 Å². The monoisotopic (exact) mass is 610 g/mol. The van der Waals surface area contributed by atoms with Crippen LogP contribution in [-0.4, -0.2) is 9.13 Å². The SMILES string of the molecule is CC[C@@](C)(c1ccc(-n2c3ccccc3c3ccccc32)cc1)c1ccc([C@](C)(C(C)C)n2c3ccccc3c3ccccc32)cc1. The molecule has 2 heteroatoms. The van der Waals surface area contributed by atoms with Crippen molar-refractivity contribution < 1.29 is 0 Å². The highest BCUT2D eigenvalue weighted by atomic mass is 15.1. The molecule has 8 rings (SSSR count). The predicted octanol–water partition coefficient (Wildman–Crippen LogP) is 12.0. The van der Waals surface area contributed by atoms with Gasteiger partial charge >= 0.3 is 0 Å². The Morgan fingerprint density at radius 2 is 0.830 bits per heavy atom. The first-order chi connectivity index (χ1) is 22.9. The van der Waals surface area contributed by atoms with Crippen molar-refractivity contribution in [3.63, 3.8) is 0 Å². The summed E-state index contributed by atoms with van der Waals surface area (Å²) in [5.74, 6) is 0.374. The maximum absolute atomic E-state index is 2.59. The maximum atomic E-state index is 2.59. The normalized spacial score (nSPS) is 14.7. The molecule has 0 aliphatic carbocycles. The van der Waals surface area contributed by atoms with Crippen LogP contribution in [0.15, 0.2) is 146 Å². The van der Waals surface area contributed by atoms with Gasteiger partial charge in [0.15, 0.2) is 0 Å². The van der Waals surface area contributed by atoms with Crippen LogP contribution in [0.3, 0.4) is 0 Å². The minimum absolute atomic E-state index is 0.112. The first kappa shape index (κ1) is 29.3. The molecule has 2 atom stereocenters. The second kappa shape index (κ2) is 11.0. The van der Waals surface area contributed by atoms with E-state index in [9.17, 15) is 0 Å². The van der Waals surface area contributed by atoms with Gasteiger partial charge < -0.3 is 9.13 Å². The highest BCUT2D eigenvalue weighted by Gasteiger charge is 2.36. The second-order valence-corrected chi connectivity index (χ2v) is 13.9. The summed E-state index contributed by atoms with van der Waals surface area (Å²) in [6.45, 7) is 11.8. The molecule has 0 saturated carbocycles. The highest BCUT2D eigenvalue weighted by molar-refractivity contribution is 6.09. The van der Waals surface area contributed by atoms with Gasteiger partial charge in [0.1, 0.15) is 0 Å². The molecule has 0 unspecified atom stereocenters. The fourth-order valence-corrected chi connectivity index (χ4v) is 8.07. The summed E-state index contributed by atoms with van der Waals surface area (Å²) in [6, 6.07) is 54.0. The molecule has 0 saturated heterocycles. The summed E-state index contributed by atoms with van der Waals surface area (Å²) in [5.41, 5.74) is 9.94. The van der Waals surface area contributed by atoms with Crippen LogP contribution in [0.4, 0.5) is 0 Å². The average molecular weight is 611 g/mol. The van der Waals surface area contributed by atoms with Crippen LogP contribution in [0.25, 0.3) is 49.3 Å². The molecule has 0 radical (unpaired) electrons. The molecule has 47 heavy (non-hydrogen) atoms. The molecule has 8 aromatic rings. The number of benzene rings is 6. The third-order valence-electron chi connectivity index (χ3n) is 11.3. The fraction of sp³-hybridized carbons (Fsp3) is 0.200. The molecule has 0 N–H and O–H groups in total. The van der Waals surface area contributed by atoms with Gasteiger partial charge in [-0.3, -0.25) is 0 Å².